The Balaban J connectivity index is 0. The fraction of sp³-hybridized carbons (Fsp3) is 0. The molecular formula is H3ArCl3. The summed E-state index contributed by atoms with van der Waals surface area (Å²) in [7, 11) is 0. The van der Waals surface area contributed by atoms with Crippen LogP contribution in [-0.4, -0.2) is 0 Å². The summed E-state index contributed by atoms with van der Waals surface area (Å²) in [5.74, 6) is 0. The molecule has 0 aliphatic heterocycles. The van der Waals surface area contributed by atoms with Gasteiger partial charge in [0, 0.05) is 37.7 Å². The third-order valence-corrected chi connectivity index (χ3v) is 0. The van der Waals surface area contributed by atoms with Gasteiger partial charge in [-0.15, -0.1) is 37.2 Å². The molecule has 32 valence electrons. The van der Waals surface area contributed by atoms with Crippen LogP contribution in [0.1, 0.15) is 0 Å². The Kier molecular flexibility index (Phi) is 171. The molecule has 0 aromatic heterocycles. The Hall–Kier alpha value is 2.13. The summed E-state index contributed by atoms with van der Waals surface area (Å²) in [6, 6.07) is 0. The topological polar surface area (TPSA) is 0 Å². The minimum absolute atomic E-state index is 0. The molecule has 0 aromatic rings. The fourth-order valence-electron chi connectivity index (χ4n) is 0. The molecule has 0 aromatic carbocycles. The third kappa shape index (κ3) is 8.92. The molecule has 0 fully saturated rings. The van der Waals surface area contributed by atoms with Crippen LogP contribution < -0.4 is 0 Å². The Bertz CT molecular complexity index is 3.25. The van der Waals surface area contributed by atoms with Crippen LogP contribution in [0.15, 0.2) is 0 Å². The first kappa shape index (κ1) is 35.6. The Morgan fingerprint density at radius 1 is 0.500 bits per heavy atom. The summed E-state index contributed by atoms with van der Waals surface area (Å²) >= 11 is 0. The average molecular weight is 149 g/mol. The zero-order valence-corrected chi connectivity index (χ0v) is 4.73. The average Bonchev–Trinajstić information content (AvgIpc) is 0. The largest absolute Gasteiger partial charge is 0.147 e. The van der Waals surface area contributed by atoms with Gasteiger partial charge in [-0.25, -0.2) is 0 Å². The predicted octanol–water partition coefficient (Wildman–Crippen LogP) is 1.27. The second-order valence-corrected chi connectivity index (χ2v) is 0. The molecule has 4 heavy (non-hydrogen) atoms. The van der Waals surface area contributed by atoms with Crippen molar-refractivity contribution in [3.05, 3.63) is 0 Å². The number of halogens is 3. The molecule has 0 rings (SSSR count). The molecule has 4 heteroatoms. The summed E-state index contributed by atoms with van der Waals surface area (Å²) in [4.78, 5) is 0. The standard InChI is InChI=1S/Ar.3ClH/h;3*1H. The van der Waals surface area contributed by atoms with Gasteiger partial charge in [0.15, 0.2) is 0 Å². The van der Waals surface area contributed by atoms with Gasteiger partial charge in [-0.05, 0) is 0 Å². The van der Waals surface area contributed by atoms with Gasteiger partial charge in [0.05, 0.1) is 0 Å². The van der Waals surface area contributed by atoms with Crippen LogP contribution in [0.3, 0.4) is 0 Å². The first-order valence-electron chi connectivity index (χ1n) is 0. The van der Waals surface area contributed by atoms with Gasteiger partial charge < -0.3 is 0 Å². The smallest absolute Gasteiger partial charge is 0 e. The van der Waals surface area contributed by atoms with E-state index < -0.39 is 0 Å². The Morgan fingerprint density at radius 3 is 0.500 bits per heavy atom. The molecule has 0 saturated heterocycles. The van der Waals surface area contributed by atoms with Crippen molar-refractivity contribution in [2.24, 2.45) is 0 Å². The molecule has 0 N–H and O–H groups in total. The molecular weight excluding hydrogens is 146 g/mol. The summed E-state index contributed by atoms with van der Waals surface area (Å²) in [5, 5.41) is 0. The maximum absolute atomic E-state index is 0. The third-order valence-electron chi connectivity index (χ3n) is 0. The monoisotopic (exact) mass is 148 g/mol. The fourth-order valence-corrected chi connectivity index (χ4v) is 0. The van der Waals surface area contributed by atoms with E-state index in [4.69, 9.17) is 0 Å². The van der Waals surface area contributed by atoms with Gasteiger partial charge in [-0.2, -0.15) is 0 Å². The maximum Gasteiger partial charge on any atom is 0 e. The van der Waals surface area contributed by atoms with Crippen molar-refractivity contribution in [3.8, 4) is 0 Å². The van der Waals surface area contributed by atoms with Crippen LogP contribution in [0.4, 0.5) is 0 Å². The SMILES string of the molecule is Cl.Cl.Cl.[Ar]. The minimum atomic E-state index is 0. The zero-order valence-electron chi connectivity index (χ0n) is 1.58. The van der Waals surface area contributed by atoms with E-state index in [0.717, 1.165) is 0 Å². The van der Waals surface area contributed by atoms with Crippen molar-refractivity contribution in [2.75, 3.05) is 0 Å². The van der Waals surface area contributed by atoms with Crippen LogP contribution in [0, 0.1) is 37.7 Å². The zero-order chi connectivity index (χ0) is 0. The molecule has 0 bridgehead atoms. The number of hydrogen-bond acceptors (Lipinski definition) is 0. The van der Waals surface area contributed by atoms with E-state index in [2.05, 4.69) is 0 Å². The second-order valence-electron chi connectivity index (χ2n) is 0. The van der Waals surface area contributed by atoms with E-state index in [0.29, 0.717) is 0 Å². The van der Waals surface area contributed by atoms with Crippen molar-refractivity contribution in [1.82, 2.24) is 0 Å². The van der Waals surface area contributed by atoms with E-state index in [1.165, 1.54) is 0 Å². The first-order valence-corrected chi connectivity index (χ1v) is 0. The Labute approximate surface area is 73.9 Å². The molecule has 0 radical (unpaired) electrons. The van der Waals surface area contributed by atoms with Gasteiger partial charge in [-0.3, -0.25) is 0 Å². The molecule has 0 nitrogen and oxygen atoms in total. The van der Waals surface area contributed by atoms with Crippen LogP contribution in [0.5, 0.6) is 0 Å². The maximum atomic E-state index is 0. The van der Waals surface area contributed by atoms with Crippen molar-refractivity contribution in [2.45, 2.75) is 0 Å². The van der Waals surface area contributed by atoms with E-state index >= 15 is 0 Å². The van der Waals surface area contributed by atoms with E-state index in [1.54, 1.807) is 0 Å². The first-order chi connectivity index (χ1) is 0. The summed E-state index contributed by atoms with van der Waals surface area (Å²) in [6.45, 7) is 0. The summed E-state index contributed by atoms with van der Waals surface area (Å²) in [6.07, 6.45) is 0. The van der Waals surface area contributed by atoms with E-state index in [-0.39, 0.29) is 75.0 Å². The van der Waals surface area contributed by atoms with Gasteiger partial charge >= 0.3 is 0 Å². The quantitative estimate of drug-likeness (QED) is 0.486. The van der Waals surface area contributed by atoms with Crippen LogP contribution >= 0.6 is 37.2 Å². The minimum Gasteiger partial charge on any atom is -0.147 e. The molecule has 0 aliphatic carbocycles. The normalized spacial score (nSPS) is 0. The van der Waals surface area contributed by atoms with Gasteiger partial charge in [-0.1, -0.05) is 0 Å². The van der Waals surface area contributed by atoms with E-state index in [1.807, 2.05) is 0 Å². The van der Waals surface area contributed by atoms with E-state index in [9.17, 15) is 0 Å². The van der Waals surface area contributed by atoms with Crippen molar-refractivity contribution >= 4 is 37.2 Å². The number of rotatable bonds is 0. The number of hydrogen-bond donors (Lipinski definition) is 0. The molecule has 0 amide bonds. The van der Waals surface area contributed by atoms with Crippen LogP contribution in [0.2, 0.25) is 0 Å². The van der Waals surface area contributed by atoms with Crippen molar-refractivity contribution < 1.29 is 37.7 Å². The molecule has 0 aliphatic rings. The molecule has 0 saturated carbocycles. The Morgan fingerprint density at radius 2 is 0.500 bits per heavy atom. The van der Waals surface area contributed by atoms with Crippen LogP contribution in [0.25, 0.3) is 0 Å². The molecule has 0 heterocycles. The molecule has 0 atom stereocenters. The predicted molar refractivity (Wildman–Crippen MR) is 21.7 cm³/mol. The van der Waals surface area contributed by atoms with Crippen LogP contribution in [-0.2, 0) is 0 Å². The van der Waals surface area contributed by atoms with Gasteiger partial charge in [0.25, 0.3) is 0 Å². The molecule has 0 spiro atoms. The van der Waals surface area contributed by atoms with Crippen molar-refractivity contribution in [1.29, 1.82) is 0 Å². The van der Waals surface area contributed by atoms with Crippen molar-refractivity contribution in [3.63, 3.8) is 0 Å². The van der Waals surface area contributed by atoms with Gasteiger partial charge in [0.1, 0.15) is 0 Å². The molecule has 0 unspecified atom stereocenters. The summed E-state index contributed by atoms with van der Waals surface area (Å²) in [5.41, 5.74) is 0. The summed E-state index contributed by atoms with van der Waals surface area (Å²) < 4.78 is 0. The van der Waals surface area contributed by atoms with Gasteiger partial charge in [0.2, 0.25) is 0 Å². The second kappa shape index (κ2) is 19.3.